The molecule has 0 unspecified atom stereocenters. The maximum Gasteiger partial charge on any atom is 0.164 e. The first-order valence-electron chi connectivity index (χ1n) is 11.3. The number of imidazole rings is 1. The van der Waals surface area contributed by atoms with Crippen LogP contribution in [-0.4, -0.2) is 23.9 Å². The molecule has 158 valence electrons. The van der Waals surface area contributed by atoms with E-state index in [0.29, 0.717) is 0 Å². The highest BCUT2D eigenvalue weighted by atomic mass is 15.1. The second kappa shape index (κ2) is 6.39. The molecule has 8 aromatic rings. The first-order valence-corrected chi connectivity index (χ1v) is 11.3. The number of benzene rings is 3. The number of rotatable bonds is 1. The molecule has 0 aliphatic carbocycles. The van der Waals surface area contributed by atoms with E-state index in [1.165, 1.54) is 16.3 Å². The number of aromatic nitrogens is 5. The molecule has 0 fully saturated rings. The van der Waals surface area contributed by atoms with Crippen LogP contribution in [-0.2, 0) is 0 Å². The van der Waals surface area contributed by atoms with Crippen LogP contribution in [0.4, 0.5) is 0 Å². The van der Waals surface area contributed by atoms with Gasteiger partial charge in [-0.3, -0.25) is 9.38 Å². The summed E-state index contributed by atoms with van der Waals surface area (Å²) < 4.78 is 4.54. The van der Waals surface area contributed by atoms with E-state index >= 15 is 0 Å². The largest absolute Gasteiger partial charge is 0.308 e. The Morgan fingerprint density at radius 1 is 0.588 bits per heavy atom. The Balaban J connectivity index is 1.76. The summed E-state index contributed by atoms with van der Waals surface area (Å²) in [5.41, 5.74) is 7.15. The normalized spacial score (nSPS) is 12.1. The molecule has 0 saturated heterocycles. The van der Waals surface area contributed by atoms with Gasteiger partial charge < -0.3 is 4.57 Å². The highest BCUT2D eigenvalue weighted by molar-refractivity contribution is 6.27. The van der Waals surface area contributed by atoms with Crippen LogP contribution in [0.1, 0.15) is 0 Å². The fraction of sp³-hybridized carbons (Fsp3) is 0. The van der Waals surface area contributed by atoms with Crippen molar-refractivity contribution in [3.05, 3.63) is 104 Å². The number of hydrogen-bond donors (Lipinski definition) is 0. The van der Waals surface area contributed by atoms with Gasteiger partial charge in [-0.1, -0.05) is 48.5 Å². The van der Waals surface area contributed by atoms with E-state index < -0.39 is 0 Å². The molecule has 5 heterocycles. The Morgan fingerprint density at radius 2 is 1.44 bits per heavy atom. The van der Waals surface area contributed by atoms with Crippen molar-refractivity contribution in [1.29, 1.82) is 0 Å². The minimum Gasteiger partial charge on any atom is -0.308 e. The van der Waals surface area contributed by atoms with Crippen LogP contribution in [0.3, 0.4) is 0 Å². The summed E-state index contributed by atoms with van der Waals surface area (Å²) in [7, 11) is 0. The van der Waals surface area contributed by atoms with E-state index in [9.17, 15) is 0 Å². The number of fused-ring (bicyclic) bond motifs is 12. The van der Waals surface area contributed by atoms with Crippen molar-refractivity contribution in [2.24, 2.45) is 0 Å². The first kappa shape index (κ1) is 17.7. The summed E-state index contributed by atoms with van der Waals surface area (Å²) in [5.74, 6) is 0. The highest BCUT2D eigenvalue weighted by Crippen LogP contribution is 2.40. The summed E-state index contributed by atoms with van der Waals surface area (Å²) in [5, 5.41) is 5.76. The molecule has 5 nitrogen and oxygen atoms in total. The molecule has 0 aliphatic heterocycles. The zero-order chi connectivity index (χ0) is 22.2. The Morgan fingerprint density at radius 3 is 2.38 bits per heavy atom. The molecule has 0 radical (unpaired) electrons. The van der Waals surface area contributed by atoms with Gasteiger partial charge in [0.05, 0.1) is 21.9 Å². The molecule has 34 heavy (non-hydrogen) atoms. The summed E-state index contributed by atoms with van der Waals surface area (Å²) in [4.78, 5) is 14.3. The zero-order valence-corrected chi connectivity index (χ0v) is 18.1. The first-order chi connectivity index (χ1) is 16.9. The molecule has 8 rings (SSSR count). The van der Waals surface area contributed by atoms with Crippen molar-refractivity contribution in [2.45, 2.75) is 0 Å². The van der Waals surface area contributed by atoms with Gasteiger partial charge in [0.1, 0.15) is 11.2 Å². The fourth-order valence-electron chi connectivity index (χ4n) is 5.45. The highest BCUT2D eigenvalue weighted by Gasteiger charge is 2.21. The lowest BCUT2D eigenvalue weighted by Crippen LogP contribution is -1.97. The van der Waals surface area contributed by atoms with Crippen LogP contribution in [0.2, 0.25) is 0 Å². The zero-order valence-electron chi connectivity index (χ0n) is 18.1. The lowest BCUT2D eigenvalue weighted by atomic mass is 10.0. The third kappa shape index (κ3) is 2.16. The molecular formula is C29H17N5. The summed E-state index contributed by atoms with van der Waals surface area (Å²) in [6.07, 6.45) is 5.62. The van der Waals surface area contributed by atoms with E-state index in [1.807, 2.05) is 30.7 Å². The van der Waals surface area contributed by atoms with E-state index in [1.54, 1.807) is 0 Å². The average molecular weight is 435 g/mol. The Hall–Kier alpha value is -4.77. The van der Waals surface area contributed by atoms with Crippen LogP contribution >= 0.6 is 0 Å². The topological polar surface area (TPSA) is 48.0 Å². The Bertz CT molecular complexity index is 2070. The van der Waals surface area contributed by atoms with Crippen LogP contribution in [0.25, 0.3) is 66.0 Å². The third-order valence-corrected chi connectivity index (χ3v) is 6.82. The van der Waals surface area contributed by atoms with Gasteiger partial charge in [-0.25, -0.2) is 9.97 Å². The van der Waals surface area contributed by atoms with Gasteiger partial charge in [0.2, 0.25) is 0 Å². The van der Waals surface area contributed by atoms with Crippen LogP contribution in [0.5, 0.6) is 0 Å². The minimum atomic E-state index is 0.856. The van der Waals surface area contributed by atoms with Crippen LogP contribution < -0.4 is 0 Å². The quantitative estimate of drug-likeness (QED) is 0.270. The molecule has 0 spiro atoms. The van der Waals surface area contributed by atoms with Crippen molar-refractivity contribution >= 4 is 60.3 Å². The van der Waals surface area contributed by atoms with Gasteiger partial charge in [0.25, 0.3) is 0 Å². The minimum absolute atomic E-state index is 0.856. The number of pyridine rings is 3. The molecular weight excluding hydrogens is 418 g/mol. The Kier molecular flexibility index (Phi) is 3.34. The van der Waals surface area contributed by atoms with Gasteiger partial charge in [-0.05, 0) is 41.8 Å². The lowest BCUT2D eigenvalue weighted by Gasteiger charge is -2.12. The van der Waals surface area contributed by atoms with Crippen LogP contribution in [0, 0.1) is 0 Å². The molecule has 0 bridgehead atoms. The van der Waals surface area contributed by atoms with Gasteiger partial charge in [-0.15, -0.1) is 0 Å². The second-order valence-corrected chi connectivity index (χ2v) is 8.58. The Labute approximate surface area is 193 Å². The number of nitrogens with zero attached hydrogens (tertiary/aromatic N) is 5. The van der Waals surface area contributed by atoms with Gasteiger partial charge in [-0.2, -0.15) is 0 Å². The maximum atomic E-state index is 5.12. The number of para-hydroxylation sites is 2. The van der Waals surface area contributed by atoms with Crippen molar-refractivity contribution in [3.8, 4) is 5.69 Å². The smallest absolute Gasteiger partial charge is 0.164 e. The monoisotopic (exact) mass is 435 g/mol. The van der Waals surface area contributed by atoms with Gasteiger partial charge >= 0.3 is 0 Å². The second-order valence-electron chi connectivity index (χ2n) is 8.58. The van der Waals surface area contributed by atoms with Crippen molar-refractivity contribution in [3.63, 3.8) is 0 Å². The summed E-state index contributed by atoms with van der Waals surface area (Å²) in [6, 6.07) is 29.6. The molecule has 5 heteroatoms. The van der Waals surface area contributed by atoms with E-state index in [-0.39, 0.29) is 0 Å². The maximum absolute atomic E-state index is 5.12. The van der Waals surface area contributed by atoms with Crippen molar-refractivity contribution in [2.75, 3.05) is 0 Å². The molecule has 5 aromatic heterocycles. The molecule has 3 aromatic carbocycles. The molecule has 0 aliphatic rings. The standard InChI is InChI=1S/C29H17N5/c1-2-7-18(8-3-1)33-24-11-5-4-9-19(24)21-13-12-20-22-17-30-16-14-25(22)34-28-23(10-6-15-31-28)32-29(34)26(20)27(21)33/h1-17H. The third-order valence-electron chi connectivity index (χ3n) is 6.82. The molecule has 0 saturated carbocycles. The summed E-state index contributed by atoms with van der Waals surface area (Å²) in [6.45, 7) is 0. The van der Waals surface area contributed by atoms with E-state index in [2.05, 4.69) is 86.7 Å². The predicted octanol–water partition coefficient (Wildman–Crippen LogP) is 6.68. The molecule has 0 N–H and O–H groups in total. The van der Waals surface area contributed by atoms with Crippen molar-refractivity contribution in [1.82, 2.24) is 23.9 Å². The van der Waals surface area contributed by atoms with Gasteiger partial charge in [0, 0.05) is 40.4 Å². The van der Waals surface area contributed by atoms with E-state index in [4.69, 9.17) is 9.97 Å². The van der Waals surface area contributed by atoms with Crippen LogP contribution in [0.15, 0.2) is 104 Å². The van der Waals surface area contributed by atoms with Gasteiger partial charge in [0.15, 0.2) is 5.65 Å². The fourth-order valence-corrected chi connectivity index (χ4v) is 5.45. The lowest BCUT2D eigenvalue weighted by molar-refractivity contribution is 1.18. The molecule has 0 amide bonds. The van der Waals surface area contributed by atoms with Crippen molar-refractivity contribution < 1.29 is 0 Å². The average Bonchev–Trinajstić information content (AvgIpc) is 3.45. The molecule has 0 atom stereocenters. The summed E-state index contributed by atoms with van der Waals surface area (Å²) >= 11 is 0. The number of hydrogen-bond acceptors (Lipinski definition) is 3. The predicted molar refractivity (Wildman–Crippen MR) is 138 cm³/mol. The SMILES string of the molecule is c1ccc(-n2c3ccccc3c3ccc4c5cnccc5n5c6ncccc6nc5c4c32)cc1. The van der Waals surface area contributed by atoms with E-state index in [0.717, 1.165) is 49.7 Å².